The third kappa shape index (κ3) is 7.53. The molecule has 0 amide bonds. The molecule has 478 valence electrons. The van der Waals surface area contributed by atoms with Crippen LogP contribution in [0.4, 0.5) is 0 Å². The molecule has 2 heteroatoms. The van der Waals surface area contributed by atoms with Crippen LogP contribution < -0.4 is 0 Å². The molecule has 22 rings (SSSR count). The van der Waals surface area contributed by atoms with Crippen molar-refractivity contribution in [3.05, 3.63) is 394 Å². The average Bonchev–Trinajstić information content (AvgIpc) is 1.51. The molecule has 0 aliphatic heterocycles. The Balaban J connectivity index is 0.778. The number of hydrogen-bond donors (Lipinski definition) is 0. The van der Waals surface area contributed by atoms with Gasteiger partial charge in [0.15, 0.2) is 0 Å². The smallest absolute Gasteiger partial charge is 0.0979 e. The van der Waals surface area contributed by atoms with Crippen molar-refractivity contribution in [3.63, 3.8) is 0 Å². The van der Waals surface area contributed by atoms with Gasteiger partial charge in [-0.25, -0.2) is 9.97 Å². The lowest BCUT2D eigenvalue weighted by Gasteiger charge is -2.36. The summed E-state index contributed by atoms with van der Waals surface area (Å²) in [6, 6.07) is 115. The van der Waals surface area contributed by atoms with Gasteiger partial charge in [-0.3, -0.25) is 0 Å². The number of fused-ring (bicyclic) bond motifs is 27. The summed E-state index contributed by atoms with van der Waals surface area (Å²) in [6.45, 7) is 9.46. The second-order valence-corrected chi connectivity index (χ2v) is 30.5. The fourth-order valence-corrected chi connectivity index (χ4v) is 20.4. The Morgan fingerprint density at radius 3 is 0.990 bits per heavy atom. The van der Waals surface area contributed by atoms with Gasteiger partial charge in [0.05, 0.1) is 33.3 Å². The zero-order valence-electron chi connectivity index (χ0n) is 57.2. The van der Waals surface area contributed by atoms with Gasteiger partial charge in [-0.2, -0.15) is 0 Å². The summed E-state index contributed by atoms with van der Waals surface area (Å²) in [6.07, 6.45) is 9.47. The van der Waals surface area contributed by atoms with E-state index < -0.39 is 10.8 Å². The van der Waals surface area contributed by atoms with Crippen LogP contribution in [0.15, 0.2) is 328 Å². The molecule has 7 aliphatic carbocycles. The van der Waals surface area contributed by atoms with E-state index in [-0.39, 0.29) is 22.7 Å². The van der Waals surface area contributed by atoms with Crippen LogP contribution in [0.1, 0.15) is 100 Å². The van der Waals surface area contributed by atoms with E-state index in [1.165, 1.54) is 134 Å². The standard InChI is InChI=1S/C100H68N2/c1-97(2)81-29-13-5-21-69(81)77-49-45-63(55-89(77)97)59-37-41-61(42-38-59)93-94(62-43-39-60(40-44-62)64-46-50-78-70-22-6-14-30-82(70)98(3,4)90(78)56-64)102-96-68(66-48-52-80-76-28-12-20-36-88(76)100(92(80)58-66)85-33-17-9-25-73(85)74-26-10-18-34-86(74)100)54-53-67(95(96)101-93)65-47-51-79-75-27-11-19-35-87(75)99(91(79)57-65)83-31-15-7-23-71(83)72-24-8-16-32-84(72)99/h5-58,75,87H,1-4H3. The Kier molecular flexibility index (Phi) is 11.8. The molecule has 2 atom stereocenters. The summed E-state index contributed by atoms with van der Waals surface area (Å²) in [5.74, 6) is 0.402. The average molecular weight is 1300 g/mol. The first kappa shape index (κ1) is 57.8. The Morgan fingerprint density at radius 2 is 0.539 bits per heavy atom. The monoisotopic (exact) mass is 1300 g/mol. The van der Waals surface area contributed by atoms with Gasteiger partial charge < -0.3 is 0 Å². The molecule has 102 heavy (non-hydrogen) atoms. The summed E-state index contributed by atoms with van der Waals surface area (Å²) < 4.78 is 0. The molecule has 0 fully saturated rings. The summed E-state index contributed by atoms with van der Waals surface area (Å²) in [4.78, 5) is 12.4. The van der Waals surface area contributed by atoms with Gasteiger partial charge in [0.25, 0.3) is 0 Å². The number of rotatable bonds is 6. The number of nitrogens with zero attached hydrogens (tertiary/aromatic N) is 2. The van der Waals surface area contributed by atoms with E-state index in [9.17, 15) is 0 Å². The lowest BCUT2D eigenvalue weighted by atomic mass is 9.65. The maximum Gasteiger partial charge on any atom is 0.0979 e. The molecule has 0 radical (unpaired) electrons. The topological polar surface area (TPSA) is 25.8 Å². The minimum Gasteiger partial charge on any atom is -0.243 e. The molecule has 0 N–H and O–H groups in total. The van der Waals surface area contributed by atoms with Crippen molar-refractivity contribution in [2.75, 3.05) is 0 Å². The van der Waals surface area contributed by atoms with Crippen LogP contribution in [0.3, 0.4) is 0 Å². The molecule has 7 aliphatic rings. The summed E-state index contributed by atoms with van der Waals surface area (Å²) >= 11 is 0. The first-order valence-corrected chi connectivity index (χ1v) is 36.3. The van der Waals surface area contributed by atoms with Crippen molar-refractivity contribution in [2.24, 2.45) is 5.92 Å². The van der Waals surface area contributed by atoms with Crippen LogP contribution in [-0.4, -0.2) is 9.97 Å². The maximum absolute atomic E-state index is 6.21. The van der Waals surface area contributed by atoms with Gasteiger partial charge in [-0.15, -0.1) is 0 Å². The zero-order valence-corrected chi connectivity index (χ0v) is 57.2. The SMILES string of the molecule is CC1(C)c2ccccc2-c2ccc(-c3ccc(-c4nc5c(-c6ccc7c(c6)C6(c8ccccc8-c8ccccc86)c6ccccc6-7)ccc(-c6ccc7c(c6)C6(c8ccccc8-c8ccccc86)C6C=CC=CC76)c5nc4-c4ccc(-c5ccc6c(c5)C(C)(C)c5ccccc5-6)cc4)cc3)cc21. The van der Waals surface area contributed by atoms with Gasteiger partial charge in [-0.05, 0) is 180 Å². The van der Waals surface area contributed by atoms with E-state index in [4.69, 9.17) is 9.97 Å². The Labute approximate surface area is 595 Å². The highest BCUT2D eigenvalue weighted by Gasteiger charge is 2.57. The first-order valence-electron chi connectivity index (χ1n) is 36.3. The van der Waals surface area contributed by atoms with Gasteiger partial charge in [0.2, 0.25) is 0 Å². The highest BCUT2D eigenvalue weighted by Crippen LogP contribution is 2.67. The van der Waals surface area contributed by atoms with E-state index >= 15 is 0 Å². The molecule has 1 aromatic heterocycles. The summed E-state index contributed by atoms with van der Waals surface area (Å²) in [5, 5.41) is 0. The number of allylic oxidation sites excluding steroid dienone is 4. The van der Waals surface area contributed by atoms with E-state index in [1.807, 2.05) is 0 Å². The predicted molar refractivity (Wildman–Crippen MR) is 420 cm³/mol. The third-order valence-electron chi connectivity index (χ3n) is 25.1. The molecule has 0 saturated heterocycles. The van der Waals surface area contributed by atoms with Crippen molar-refractivity contribution >= 4 is 11.0 Å². The van der Waals surface area contributed by atoms with E-state index in [1.54, 1.807) is 0 Å². The highest BCUT2D eigenvalue weighted by atomic mass is 14.8. The quantitative estimate of drug-likeness (QED) is 0.166. The van der Waals surface area contributed by atoms with Crippen LogP contribution in [0.5, 0.6) is 0 Å². The highest BCUT2D eigenvalue weighted by molar-refractivity contribution is 6.05. The minimum absolute atomic E-state index is 0.121. The van der Waals surface area contributed by atoms with Gasteiger partial charge in [-0.1, -0.05) is 331 Å². The molecule has 2 unspecified atom stereocenters. The Hall–Kier alpha value is -12.1. The van der Waals surface area contributed by atoms with Gasteiger partial charge >= 0.3 is 0 Å². The predicted octanol–water partition coefficient (Wildman–Crippen LogP) is 24.7. The summed E-state index contributed by atoms with van der Waals surface area (Å²) in [7, 11) is 0. The fourth-order valence-electron chi connectivity index (χ4n) is 20.4. The second kappa shape index (κ2) is 20.8. The number of aromatic nitrogens is 2. The van der Waals surface area contributed by atoms with Gasteiger partial charge in [0, 0.05) is 44.9 Å². The normalized spacial score (nSPS) is 17.1. The molecular formula is C100H68N2. The lowest BCUT2D eigenvalue weighted by molar-refractivity contribution is 0.465. The van der Waals surface area contributed by atoms with E-state index in [2.05, 4.69) is 355 Å². The van der Waals surface area contributed by atoms with Crippen LogP contribution in [0, 0.1) is 5.92 Å². The van der Waals surface area contributed by atoms with E-state index in [0.717, 1.165) is 66.9 Å². The Bertz CT molecular complexity index is 6160. The Morgan fingerprint density at radius 1 is 0.235 bits per heavy atom. The van der Waals surface area contributed by atoms with E-state index in [0.29, 0.717) is 0 Å². The lowest BCUT2D eigenvalue weighted by Crippen LogP contribution is -2.32. The first-order chi connectivity index (χ1) is 50.1. The minimum atomic E-state index is -0.526. The van der Waals surface area contributed by atoms with Crippen LogP contribution in [0.2, 0.25) is 0 Å². The second-order valence-electron chi connectivity index (χ2n) is 30.5. The maximum atomic E-state index is 6.21. The van der Waals surface area contributed by atoms with Crippen molar-refractivity contribution in [2.45, 2.75) is 55.3 Å². The fraction of sp³-hybridized carbons (Fsp3) is 0.100. The van der Waals surface area contributed by atoms with Crippen molar-refractivity contribution in [1.29, 1.82) is 0 Å². The van der Waals surface area contributed by atoms with Crippen molar-refractivity contribution < 1.29 is 0 Å². The molecule has 1 heterocycles. The summed E-state index contributed by atoms with van der Waals surface area (Å²) in [5.41, 5.74) is 42.5. The molecule has 15 aromatic rings. The van der Waals surface area contributed by atoms with Crippen molar-refractivity contribution in [3.8, 4) is 123 Å². The van der Waals surface area contributed by atoms with Crippen molar-refractivity contribution in [1.82, 2.24) is 9.97 Å². The molecule has 14 aromatic carbocycles. The third-order valence-corrected chi connectivity index (χ3v) is 25.1. The van der Waals surface area contributed by atoms with Crippen LogP contribution in [0.25, 0.3) is 134 Å². The number of benzene rings is 14. The zero-order chi connectivity index (χ0) is 67.5. The number of hydrogen-bond acceptors (Lipinski definition) is 2. The molecular weight excluding hydrogens is 1230 g/mol. The van der Waals surface area contributed by atoms with Crippen LogP contribution >= 0.6 is 0 Å². The molecule has 2 spiro atoms. The molecule has 0 saturated carbocycles. The largest absolute Gasteiger partial charge is 0.243 e. The molecule has 2 nitrogen and oxygen atoms in total. The molecule has 0 bridgehead atoms. The van der Waals surface area contributed by atoms with Crippen LogP contribution in [-0.2, 0) is 21.7 Å². The van der Waals surface area contributed by atoms with Gasteiger partial charge in [0.1, 0.15) is 0 Å².